The predicted octanol–water partition coefficient (Wildman–Crippen LogP) is 2.18. The third-order valence-electron chi connectivity index (χ3n) is 5.17. The lowest BCUT2D eigenvalue weighted by atomic mass is 10.2. The van der Waals surface area contributed by atoms with Crippen LogP contribution in [0.2, 0.25) is 0 Å². The first kappa shape index (κ1) is 21.6. The molecule has 1 aliphatic rings. The largest absolute Gasteiger partial charge is 0.491 e. The number of nitrogens with one attached hydrogen (secondary N) is 1. The number of carbonyl (C=O) groups is 1. The number of aliphatic hydroxyl groups excluding tert-OH is 1. The van der Waals surface area contributed by atoms with Gasteiger partial charge in [0.25, 0.3) is 0 Å². The number of aryl methyl sites for hydroxylation is 2. The van der Waals surface area contributed by atoms with E-state index in [1.165, 1.54) is 0 Å². The number of amides is 1. The fraction of sp³-hybridized carbons (Fsp3) is 0.348. The Balaban J connectivity index is 1.56. The topological polar surface area (TPSA) is 113 Å². The maximum atomic E-state index is 12.6. The van der Waals surface area contributed by atoms with Crippen molar-refractivity contribution in [3.8, 4) is 17.3 Å². The van der Waals surface area contributed by atoms with Crippen molar-refractivity contribution in [1.82, 2.24) is 19.9 Å². The van der Waals surface area contributed by atoms with Crippen LogP contribution in [0.15, 0.2) is 36.7 Å². The number of nitrogens with zero attached hydrogens (tertiary/aromatic N) is 5. The van der Waals surface area contributed by atoms with Gasteiger partial charge in [-0.2, -0.15) is 0 Å². The molecule has 3 aromatic rings. The standard InChI is InChI=1S/C23H26N6O3/c1-15-6-7-16(13-25-15)26-21(31)14-29(2)23-18-4-3-5-19(18)27-22(28-23)20-12-17(8-9-24-20)32-11-10-30/h6-9,12-13,30H,3-5,10-11,14H2,1-2H3,(H,26,31). The van der Waals surface area contributed by atoms with E-state index in [-0.39, 0.29) is 25.7 Å². The number of ether oxygens (including phenoxy) is 1. The summed E-state index contributed by atoms with van der Waals surface area (Å²) < 4.78 is 5.49. The molecule has 0 radical (unpaired) electrons. The fourth-order valence-corrected chi connectivity index (χ4v) is 3.66. The maximum absolute atomic E-state index is 12.6. The zero-order chi connectivity index (χ0) is 22.5. The molecule has 0 saturated heterocycles. The van der Waals surface area contributed by atoms with Crippen LogP contribution in [0.4, 0.5) is 11.5 Å². The van der Waals surface area contributed by atoms with Gasteiger partial charge in [0.1, 0.15) is 23.9 Å². The van der Waals surface area contributed by atoms with Crippen molar-refractivity contribution in [2.45, 2.75) is 26.2 Å². The Bertz CT molecular complexity index is 1100. The molecule has 0 atom stereocenters. The summed E-state index contributed by atoms with van der Waals surface area (Å²) in [7, 11) is 1.85. The van der Waals surface area contributed by atoms with E-state index >= 15 is 0 Å². The van der Waals surface area contributed by atoms with Crippen LogP contribution in [0.5, 0.6) is 5.75 Å². The third-order valence-corrected chi connectivity index (χ3v) is 5.17. The number of hydrogen-bond acceptors (Lipinski definition) is 8. The van der Waals surface area contributed by atoms with E-state index in [1.807, 2.05) is 31.0 Å². The minimum Gasteiger partial charge on any atom is -0.491 e. The van der Waals surface area contributed by atoms with Crippen LogP contribution in [0, 0.1) is 6.92 Å². The summed E-state index contributed by atoms with van der Waals surface area (Å²) in [6, 6.07) is 7.17. The predicted molar refractivity (Wildman–Crippen MR) is 121 cm³/mol. The first-order valence-electron chi connectivity index (χ1n) is 10.6. The van der Waals surface area contributed by atoms with Crippen molar-refractivity contribution < 1.29 is 14.6 Å². The highest BCUT2D eigenvalue weighted by Gasteiger charge is 2.23. The van der Waals surface area contributed by atoms with Crippen molar-refractivity contribution in [2.75, 3.05) is 37.0 Å². The Morgan fingerprint density at radius 3 is 2.88 bits per heavy atom. The van der Waals surface area contributed by atoms with Crippen molar-refractivity contribution >= 4 is 17.4 Å². The van der Waals surface area contributed by atoms with E-state index in [2.05, 4.69) is 15.3 Å². The summed E-state index contributed by atoms with van der Waals surface area (Å²) in [5.74, 6) is 1.67. The highest BCUT2D eigenvalue weighted by molar-refractivity contribution is 5.93. The smallest absolute Gasteiger partial charge is 0.243 e. The monoisotopic (exact) mass is 434 g/mol. The van der Waals surface area contributed by atoms with Crippen LogP contribution in [-0.2, 0) is 17.6 Å². The number of aliphatic hydroxyl groups is 1. The fourth-order valence-electron chi connectivity index (χ4n) is 3.66. The van der Waals surface area contributed by atoms with Gasteiger partial charge in [-0.25, -0.2) is 9.97 Å². The van der Waals surface area contributed by atoms with Gasteiger partial charge in [-0.3, -0.25) is 14.8 Å². The molecule has 2 N–H and O–H groups in total. The number of pyridine rings is 2. The normalized spacial score (nSPS) is 12.3. The van der Waals surface area contributed by atoms with Gasteiger partial charge >= 0.3 is 0 Å². The van der Waals surface area contributed by atoms with E-state index in [0.29, 0.717) is 23.0 Å². The molecule has 0 unspecified atom stereocenters. The van der Waals surface area contributed by atoms with E-state index in [0.717, 1.165) is 42.0 Å². The molecule has 0 saturated carbocycles. The summed E-state index contributed by atoms with van der Waals surface area (Å²) in [5, 5.41) is 11.9. The molecule has 32 heavy (non-hydrogen) atoms. The zero-order valence-corrected chi connectivity index (χ0v) is 18.2. The van der Waals surface area contributed by atoms with E-state index in [9.17, 15) is 4.79 Å². The molecule has 1 amide bonds. The maximum Gasteiger partial charge on any atom is 0.243 e. The van der Waals surface area contributed by atoms with Crippen molar-refractivity contribution in [3.63, 3.8) is 0 Å². The van der Waals surface area contributed by atoms with E-state index in [4.69, 9.17) is 19.8 Å². The average Bonchev–Trinajstić information content (AvgIpc) is 3.27. The van der Waals surface area contributed by atoms with Crippen molar-refractivity contribution in [2.24, 2.45) is 0 Å². The van der Waals surface area contributed by atoms with Crippen LogP contribution >= 0.6 is 0 Å². The van der Waals surface area contributed by atoms with Gasteiger partial charge in [0, 0.05) is 36.3 Å². The molecule has 1 aliphatic carbocycles. The first-order valence-corrected chi connectivity index (χ1v) is 10.6. The second-order valence-electron chi connectivity index (χ2n) is 7.69. The van der Waals surface area contributed by atoms with Crippen molar-refractivity contribution in [3.05, 3.63) is 53.6 Å². The number of fused-ring (bicyclic) bond motifs is 1. The van der Waals surface area contributed by atoms with Gasteiger partial charge in [0.2, 0.25) is 5.91 Å². The summed E-state index contributed by atoms with van der Waals surface area (Å²) in [6.45, 7) is 2.18. The average molecular weight is 435 g/mol. The van der Waals surface area contributed by atoms with Gasteiger partial charge in [-0.15, -0.1) is 0 Å². The number of anilines is 2. The molecular formula is C23H26N6O3. The minimum absolute atomic E-state index is 0.0668. The summed E-state index contributed by atoms with van der Waals surface area (Å²) in [6.07, 6.45) is 6.03. The number of rotatable bonds is 8. The van der Waals surface area contributed by atoms with Crippen LogP contribution in [0.3, 0.4) is 0 Å². The lowest BCUT2D eigenvalue weighted by Crippen LogP contribution is -2.31. The van der Waals surface area contributed by atoms with E-state index in [1.54, 1.807) is 24.5 Å². The molecule has 0 bridgehead atoms. The Hall–Kier alpha value is -3.59. The molecular weight excluding hydrogens is 408 g/mol. The number of aromatic nitrogens is 4. The Kier molecular flexibility index (Phi) is 6.55. The number of carbonyl (C=O) groups excluding carboxylic acids is 1. The van der Waals surface area contributed by atoms with Gasteiger partial charge in [0.15, 0.2) is 5.82 Å². The molecule has 9 heteroatoms. The van der Waals surface area contributed by atoms with Gasteiger partial charge in [0.05, 0.1) is 25.0 Å². The molecule has 4 rings (SSSR count). The lowest BCUT2D eigenvalue weighted by molar-refractivity contribution is -0.114. The van der Waals surface area contributed by atoms with E-state index < -0.39 is 0 Å². The second-order valence-corrected chi connectivity index (χ2v) is 7.69. The molecule has 0 aliphatic heterocycles. The number of likely N-dealkylation sites (N-methyl/N-ethyl adjacent to an activating group) is 1. The third kappa shape index (κ3) is 5.00. The Labute approximate surface area is 186 Å². The highest BCUT2D eigenvalue weighted by atomic mass is 16.5. The molecule has 0 fully saturated rings. The van der Waals surface area contributed by atoms with Crippen LogP contribution in [0.1, 0.15) is 23.4 Å². The highest BCUT2D eigenvalue weighted by Crippen LogP contribution is 2.31. The second kappa shape index (κ2) is 9.69. The lowest BCUT2D eigenvalue weighted by Gasteiger charge is -2.21. The molecule has 9 nitrogen and oxygen atoms in total. The van der Waals surface area contributed by atoms with Crippen LogP contribution < -0.4 is 15.0 Å². The molecule has 166 valence electrons. The summed E-state index contributed by atoms with van der Waals surface area (Å²) >= 11 is 0. The van der Waals surface area contributed by atoms with Crippen LogP contribution in [-0.4, -0.2) is 57.8 Å². The van der Waals surface area contributed by atoms with Crippen molar-refractivity contribution in [1.29, 1.82) is 0 Å². The van der Waals surface area contributed by atoms with Gasteiger partial charge < -0.3 is 20.1 Å². The van der Waals surface area contributed by atoms with Gasteiger partial charge in [-0.05, 0) is 44.4 Å². The Morgan fingerprint density at radius 2 is 2.09 bits per heavy atom. The molecule has 0 spiro atoms. The first-order chi connectivity index (χ1) is 15.5. The summed E-state index contributed by atoms with van der Waals surface area (Å²) in [5.41, 5.74) is 4.20. The molecule has 3 heterocycles. The summed E-state index contributed by atoms with van der Waals surface area (Å²) in [4.78, 5) is 32.5. The van der Waals surface area contributed by atoms with Crippen LogP contribution in [0.25, 0.3) is 11.5 Å². The SMILES string of the molecule is Cc1ccc(NC(=O)CN(C)c2nc(-c3cc(OCCO)ccn3)nc3c2CCC3)cn1. The zero-order valence-electron chi connectivity index (χ0n) is 18.2. The quantitative estimate of drug-likeness (QED) is 0.555. The minimum atomic E-state index is -0.150. The number of hydrogen-bond donors (Lipinski definition) is 2. The Morgan fingerprint density at radius 1 is 1.22 bits per heavy atom. The van der Waals surface area contributed by atoms with Gasteiger partial charge in [-0.1, -0.05) is 0 Å². The molecule has 3 aromatic heterocycles. The molecule has 0 aromatic carbocycles.